The van der Waals surface area contributed by atoms with Crippen molar-refractivity contribution < 1.29 is 4.79 Å². The first-order valence-electron chi connectivity index (χ1n) is 7.74. The number of anilines is 1. The van der Waals surface area contributed by atoms with Crippen LogP contribution in [0.5, 0.6) is 0 Å². The number of carbonyl (C=O) groups is 1. The Kier molecular flexibility index (Phi) is 5.45. The summed E-state index contributed by atoms with van der Waals surface area (Å²) >= 11 is 0. The summed E-state index contributed by atoms with van der Waals surface area (Å²) < 4.78 is 0. The molecule has 1 aliphatic rings. The molecular formula is C17H26N2O. The smallest absolute Gasteiger partial charge is 0.223 e. The number of rotatable bonds is 5. The molecule has 0 unspecified atom stereocenters. The van der Waals surface area contributed by atoms with E-state index in [1.165, 1.54) is 5.69 Å². The van der Waals surface area contributed by atoms with E-state index in [9.17, 15) is 4.79 Å². The average molecular weight is 274 g/mol. The van der Waals surface area contributed by atoms with Crippen molar-refractivity contribution >= 4 is 11.6 Å². The number of carbonyl (C=O) groups excluding carboxylic acids is 1. The molecule has 1 saturated heterocycles. The van der Waals surface area contributed by atoms with Gasteiger partial charge < -0.3 is 10.2 Å². The number of nitrogens with zero attached hydrogens (tertiary/aromatic N) is 1. The van der Waals surface area contributed by atoms with Crippen LogP contribution in [0, 0.1) is 11.8 Å². The van der Waals surface area contributed by atoms with Crippen molar-refractivity contribution in [2.75, 3.05) is 24.5 Å². The summed E-state index contributed by atoms with van der Waals surface area (Å²) in [7, 11) is 0. The van der Waals surface area contributed by atoms with Crippen molar-refractivity contribution in [3.63, 3.8) is 0 Å². The van der Waals surface area contributed by atoms with E-state index in [0.717, 1.165) is 38.9 Å². The van der Waals surface area contributed by atoms with Gasteiger partial charge in [-0.15, -0.1) is 0 Å². The fourth-order valence-electron chi connectivity index (χ4n) is 2.67. The maximum Gasteiger partial charge on any atom is 0.223 e. The Labute approximate surface area is 122 Å². The lowest BCUT2D eigenvalue weighted by Gasteiger charge is -2.33. The highest BCUT2D eigenvalue weighted by Gasteiger charge is 2.24. The molecular weight excluding hydrogens is 248 g/mol. The Morgan fingerprint density at radius 1 is 1.25 bits per heavy atom. The van der Waals surface area contributed by atoms with Gasteiger partial charge in [-0.05, 0) is 37.3 Å². The van der Waals surface area contributed by atoms with Crippen LogP contribution in [-0.2, 0) is 4.79 Å². The summed E-state index contributed by atoms with van der Waals surface area (Å²) in [5.41, 5.74) is 1.27. The van der Waals surface area contributed by atoms with Crippen LogP contribution in [0.3, 0.4) is 0 Å². The fourth-order valence-corrected chi connectivity index (χ4v) is 2.67. The minimum Gasteiger partial charge on any atom is -0.371 e. The summed E-state index contributed by atoms with van der Waals surface area (Å²) in [6, 6.07) is 10.5. The monoisotopic (exact) mass is 274 g/mol. The van der Waals surface area contributed by atoms with Crippen LogP contribution in [0.4, 0.5) is 5.69 Å². The van der Waals surface area contributed by atoms with Gasteiger partial charge in [-0.3, -0.25) is 4.79 Å². The van der Waals surface area contributed by atoms with Gasteiger partial charge in [-0.25, -0.2) is 0 Å². The van der Waals surface area contributed by atoms with Crippen LogP contribution in [0.1, 0.15) is 33.1 Å². The zero-order valence-electron chi connectivity index (χ0n) is 12.6. The summed E-state index contributed by atoms with van der Waals surface area (Å²) in [6.45, 7) is 7.14. The van der Waals surface area contributed by atoms with Crippen molar-refractivity contribution in [1.29, 1.82) is 0 Å². The van der Waals surface area contributed by atoms with Crippen LogP contribution >= 0.6 is 0 Å². The van der Waals surface area contributed by atoms with Crippen LogP contribution in [0.15, 0.2) is 30.3 Å². The molecule has 1 fully saturated rings. The average Bonchev–Trinajstić information content (AvgIpc) is 2.48. The van der Waals surface area contributed by atoms with Gasteiger partial charge >= 0.3 is 0 Å². The van der Waals surface area contributed by atoms with Gasteiger partial charge in [0.15, 0.2) is 0 Å². The lowest BCUT2D eigenvalue weighted by Crippen LogP contribution is -2.40. The molecule has 0 atom stereocenters. The second-order valence-electron chi connectivity index (χ2n) is 6.07. The van der Waals surface area contributed by atoms with E-state index < -0.39 is 0 Å². The van der Waals surface area contributed by atoms with Crippen molar-refractivity contribution in [2.45, 2.75) is 33.1 Å². The van der Waals surface area contributed by atoms with E-state index in [1.54, 1.807) is 0 Å². The van der Waals surface area contributed by atoms with Gasteiger partial charge in [0.25, 0.3) is 0 Å². The standard InChI is InChI=1S/C17H26N2O/c1-14(2)8-11-18-17(20)15-9-12-19(13-10-15)16-6-4-3-5-7-16/h3-7,14-15H,8-13H2,1-2H3,(H,18,20). The lowest BCUT2D eigenvalue weighted by atomic mass is 9.95. The third-order valence-electron chi connectivity index (χ3n) is 4.01. The van der Waals surface area contributed by atoms with Gasteiger partial charge in [0.05, 0.1) is 0 Å². The molecule has 2 rings (SSSR count). The molecule has 3 nitrogen and oxygen atoms in total. The molecule has 0 bridgehead atoms. The first kappa shape index (κ1) is 14.9. The molecule has 1 aromatic carbocycles. The Morgan fingerprint density at radius 3 is 2.50 bits per heavy atom. The predicted molar refractivity (Wildman–Crippen MR) is 83.8 cm³/mol. The number of amides is 1. The Hall–Kier alpha value is -1.51. The Balaban J connectivity index is 1.75. The van der Waals surface area contributed by atoms with Gasteiger partial charge in [0.2, 0.25) is 5.91 Å². The Bertz CT molecular complexity index is 408. The van der Waals surface area contributed by atoms with E-state index >= 15 is 0 Å². The third-order valence-corrected chi connectivity index (χ3v) is 4.01. The molecule has 1 aromatic rings. The highest BCUT2D eigenvalue weighted by Crippen LogP contribution is 2.23. The second-order valence-corrected chi connectivity index (χ2v) is 6.07. The molecule has 20 heavy (non-hydrogen) atoms. The van der Waals surface area contributed by atoms with E-state index in [4.69, 9.17) is 0 Å². The molecule has 1 amide bonds. The van der Waals surface area contributed by atoms with Crippen molar-refractivity contribution in [3.05, 3.63) is 30.3 Å². The van der Waals surface area contributed by atoms with Crippen LogP contribution in [0.2, 0.25) is 0 Å². The molecule has 110 valence electrons. The third kappa shape index (κ3) is 4.26. The van der Waals surface area contributed by atoms with Crippen molar-refractivity contribution in [3.8, 4) is 0 Å². The molecule has 0 radical (unpaired) electrons. The van der Waals surface area contributed by atoms with E-state index in [2.05, 4.69) is 48.3 Å². The maximum atomic E-state index is 12.1. The summed E-state index contributed by atoms with van der Waals surface area (Å²) in [5, 5.41) is 3.08. The number of para-hydroxylation sites is 1. The molecule has 0 aliphatic carbocycles. The topological polar surface area (TPSA) is 32.3 Å². The van der Waals surface area contributed by atoms with Gasteiger partial charge in [-0.2, -0.15) is 0 Å². The number of hydrogen-bond donors (Lipinski definition) is 1. The highest BCUT2D eigenvalue weighted by atomic mass is 16.1. The molecule has 0 saturated carbocycles. The maximum absolute atomic E-state index is 12.1. The first-order valence-corrected chi connectivity index (χ1v) is 7.74. The van der Waals surface area contributed by atoms with Crippen molar-refractivity contribution in [2.24, 2.45) is 11.8 Å². The minimum atomic E-state index is 0.196. The quantitative estimate of drug-likeness (QED) is 0.895. The molecule has 0 aromatic heterocycles. The first-order chi connectivity index (χ1) is 9.66. The molecule has 0 spiro atoms. The normalized spacial score (nSPS) is 16.4. The van der Waals surface area contributed by atoms with Gasteiger partial charge in [-0.1, -0.05) is 32.0 Å². The number of nitrogens with one attached hydrogen (secondary N) is 1. The molecule has 1 aliphatic heterocycles. The predicted octanol–water partition coefficient (Wildman–Crippen LogP) is 3.07. The zero-order valence-corrected chi connectivity index (χ0v) is 12.6. The van der Waals surface area contributed by atoms with Gasteiger partial charge in [0, 0.05) is 31.2 Å². The zero-order chi connectivity index (χ0) is 14.4. The highest BCUT2D eigenvalue weighted by molar-refractivity contribution is 5.78. The van der Waals surface area contributed by atoms with Crippen LogP contribution in [-0.4, -0.2) is 25.5 Å². The second kappa shape index (κ2) is 7.32. The SMILES string of the molecule is CC(C)CCNC(=O)C1CCN(c2ccccc2)CC1. The van der Waals surface area contributed by atoms with Gasteiger partial charge in [0.1, 0.15) is 0 Å². The van der Waals surface area contributed by atoms with E-state index in [1.807, 2.05) is 6.07 Å². The Morgan fingerprint density at radius 2 is 1.90 bits per heavy atom. The molecule has 3 heteroatoms. The lowest BCUT2D eigenvalue weighted by molar-refractivity contribution is -0.125. The molecule has 1 heterocycles. The number of benzene rings is 1. The van der Waals surface area contributed by atoms with Crippen LogP contribution < -0.4 is 10.2 Å². The summed E-state index contributed by atoms with van der Waals surface area (Å²) in [4.78, 5) is 14.5. The summed E-state index contributed by atoms with van der Waals surface area (Å²) in [6.07, 6.45) is 2.99. The van der Waals surface area contributed by atoms with Crippen molar-refractivity contribution in [1.82, 2.24) is 5.32 Å². The van der Waals surface area contributed by atoms with E-state index in [-0.39, 0.29) is 11.8 Å². The number of hydrogen-bond acceptors (Lipinski definition) is 2. The molecule has 1 N–H and O–H groups in total. The number of piperidine rings is 1. The minimum absolute atomic E-state index is 0.196. The largest absolute Gasteiger partial charge is 0.371 e. The fraction of sp³-hybridized carbons (Fsp3) is 0.588. The van der Waals surface area contributed by atoms with Crippen LogP contribution in [0.25, 0.3) is 0 Å². The summed E-state index contributed by atoms with van der Waals surface area (Å²) in [5.74, 6) is 1.09. The van der Waals surface area contributed by atoms with E-state index in [0.29, 0.717) is 5.92 Å².